The molecule has 3 aromatic rings. The van der Waals surface area contributed by atoms with Crippen molar-refractivity contribution in [2.24, 2.45) is 7.05 Å². The highest BCUT2D eigenvalue weighted by Gasteiger charge is 2.45. The molecule has 1 fully saturated rings. The maximum Gasteiger partial charge on any atom is 0.330 e. The van der Waals surface area contributed by atoms with E-state index in [0.717, 1.165) is 11.0 Å². The highest BCUT2D eigenvalue weighted by Crippen LogP contribution is 2.34. The summed E-state index contributed by atoms with van der Waals surface area (Å²) in [7, 11) is 1.83. The number of carboxylic acid groups (broad SMARTS) is 1. The van der Waals surface area contributed by atoms with Gasteiger partial charge < -0.3 is 19.1 Å². The van der Waals surface area contributed by atoms with Crippen molar-refractivity contribution in [3.05, 3.63) is 54.6 Å². The Morgan fingerprint density at radius 3 is 2.50 bits per heavy atom. The molecule has 0 spiro atoms. The average molecular weight is 352 g/mol. The normalized spacial score (nSPS) is 16.7. The minimum absolute atomic E-state index is 0.0630. The smallest absolute Gasteiger partial charge is 0.330 e. The molecule has 1 saturated heterocycles. The van der Waals surface area contributed by atoms with Gasteiger partial charge in [0.05, 0.1) is 17.4 Å². The molecular weight excluding hydrogens is 332 g/mol. The van der Waals surface area contributed by atoms with Gasteiger partial charge in [-0.25, -0.2) is 9.78 Å². The first-order valence-corrected chi connectivity index (χ1v) is 8.59. The molecule has 1 aromatic carbocycles. The highest BCUT2D eigenvalue weighted by atomic mass is 16.4. The third-order valence-corrected chi connectivity index (χ3v) is 5.35. The van der Waals surface area contributed by atoms with E-state index >= 15 is 0 Å². The first-order valence-electron chi connectivity index (χ1n) is 8.59. The van der Waals surface area contributed by atoms with E-state index in [2.05, 4.69) is 4.98 Å². The number of aromatic nitrogens is 3. The third kappa shape index (κ3) is 2.39. The number of aliphatic carboxylic acids is 1. The summed E-state index contributed by atoms with van der Waals surface area (Å²) < 4.78 is 3.54. The van der Waals surface area contributed by atoms with Crippen molar-refractivity contribution in [2.45, 2.75) is 18.4 Å². The number of para-hydroxylation sites is 2. The number of hydrogen-bond donors (Lipinski definition) is 1. The Balaban J connectivity index is 1.63. The van der Waals surface area contributed by atoms with E-state index in [0.29, 0.717) is 31.6 Å². The molecule has 1 amide bonds. The van der Waals surface area contributed by atoms with E-state index < -0.39 is 11.5 Å². The number of rotatable bonds is 3. The maximum atomic E-state index is 12.7. The summed E-state index contributed by atoms with van der Waals surface area (Å²) >= 11 is 0. The van der Waals surface area contributed by atoms with Crippen molar-refractivity contribution in [1.29, 1.82) is 0 Å². The largest absolute Gasteiger partial charge is 0.479 e. The summed E-state index contributed by atoms with van der Waals surface area (Å²) in [5.41, 5.74) is 1.11. The van der Waals surface area contributed by atoms with Gasteiger partial charge in [-0.15, -0.1) is 0 Å². The number of carboxylic acids is 1. The first kappa shape index (κ1) is 16.4. The maximum absolute atomic E-state index is 12.7. The van der Waals surface area contributed by atoms with Gasteiger partial charge >= 0.3 is 5.97 Å². The molecule has 1 N–H and O–H groups in total. The molecule has 134 valence electrons. The highest BCUT2D eigenvalue weighted by molar-refractivity contribution is 5.93. The van der Waals surface area contributed by atoms with Gasteiger partial charge in [0.15, 0.2) is 0 Å². The van der Waals surface area contributed by atoms with E-state index in [1.165, 1.54) is 0 Å². The summed E-state index contributed by atoms with van der Waals surface area (Å²) in [5, 5.41) is 10.0. The van der Waals surface area contributed by atoms with Crippen LogP contribution in [0.2, 0.25) is 0 Å². The van der Waals surface area contributed by atoms with Crippen molar-refractivity contribution >= 4 is 22.9 Å². The number of carbonyl (C=O) groups excluding carboxylic acids is 1. The zero-order valence-corrected chi connectivity index (χ0v) is 14.5. The average Bonchev–Trinajstić information content (AvgIpc) is 3.27. The zero-order valence-electron chi connectivity index (χ0n) is 14.5. The molecule has 26 heavy (non-hydrogen) atoms. The van der Waals surface area contributed by atoms with Crippen molar-refractivity contribution in [3.8, 4) is 0 Å². The number of amides is 1. The molecule has 0 atom stereocenters. The van der Waals surface area contributed by atoms with Crippen LogP contribution in [-0.4, -0.2) is 49.1 Å². The van der Waals surface area contributed by atoms with E-state index in [1.807, 2.05) is 43.6 Å². The molecule has 3 heterocycles. The van der Waals surface area contributed by atoms with Crippen LogP contribution in [0.1, 0.15) is 23.3 Å². The number of likely N-dealkylation sites (tertiary alicyclic amines) is 1. The summed E-state index contributed by atoms with van der Waals surface area (Å²) in [5.74, 6) is -0.946. The quantitative estimate of drug-likeness (QED) is 0.783. The van der Waals surface area contributed by atoms with Crippen LogP contribution in [0.15, 0.2) is 48.9 Å². The monoisotopic (exact) mass is 352 g/mol. The molecule has 0 radical (unpaired) electrons. The predicted molar refractivity (Wildman–Crippen MR) is 95.9 cm³/mol. The summed E-state index contributed by atoms with van der Waals surface area (Å²) in [4.78, 5) is 31.0. The molecule has 1 aliphatic rings. The van der Waals surface area contributed by atoms with Crippen LogP contribution < -0.4 is 0 Å². The summed E-state index contributed by atoms with van der Waals surface area (Å²) in [6, 6.07) is 11.1. The molecule has 2 aromatic heterocycles. The number of benzene rings is 1. The standard InChI is InChI=1S/C19H20N4O3/c1-21-10-4-7-16(21)17(24)22-11-8-19(9-12-22,18(25)26)23-13-20-14-5-2-3-6-15(14)23/h2-7,10,13H,8-9,11-12H2,1H3,(H,25,26). The minimum Gasteiger partial charge on any atom is -0.479 e. The van der Waals surface area contributed by atoms with Gasteiger partial charge in [0.25, 0.3) is 5.91 Å². The second-order valence-corrected chi connectivity index (χ2v) is 6.74. The van der Waals surface area contributed by atoms with Crippen LogP contribution >= 0.6 is 0 Å². The fraction of sp³-hybridized carbons (Fsp3) is 0.316. The molecule has 0 saturated carbocycles. The van der Waals surface area contributed by atoms with Crippen molar-refractivity contribution in [2.75, 3.05) is 13.1 Å². The Labute approximate surface area is 150 Å². The number of nitrogens with zero attached hydrogens (tertiary/aromatic N) is 4. The van der Waals surface area contributed by atoms with Gasteiger partial charge in [0.1, 0.15) is 11.2 Å². The van der Waals surface area contributed by atoms with E-state index in [9.17, 15) is 14.7 Å². The Bertz CT molecular complexity index is 980. The lowest BCUT2D eigenvalue weighted by atomic mass is 9.86. The minimum atomic E-state index is -1.08. The topological polar surface area (TPSA) is 80.4 Å². The number of aryl methyl sites for hydroxylation is 1. The molecule has 0 aliphatic carbocycles. The number of piperidine rings is 1. The second kappa shape index (κ2) is 6.01. The Morgan fingerprint density at radius 2 is 1.85 bits per heavy atom. The molecule has 0 bridgehead atoms. The lowest BCUT2D eigenvalue weighted by Crippen LogP contribution is -2.52. The van der Waals surface area contributed by atoms with E-state index in [-0.39, 0.29) is 5.91 Å². The van der Waals surface area contributed by atoms with E-state index in [1.54, 1.807) is 26.4 Å². The first-order chi connectivity index (χ1) is 12.5. The SMILES string of the molecule is Cn1cccc1C(=O)N1CCC(C(=O)O)(n2cnc3ccccc32)CC1. The number of imidazole rings is 1. The van der Waals surface area contributed by atoms with Gasteiger partial charge in [0, 0.05) is 26.3 Å². The van der Waals surface area contributed by atoms with E-state index in [4.69, 9.17) is 0 Å². The summed E-state index contributed by atoms with van der Waals surface area (Å²) in [6.07, 6.45) is 4.13. The molecular formula is C19H20N4O3. The van der Waals surface area contributed by atoms with Gasteiger partial charge in [-0.1, -0.05) is 12.1 Å². The van der Waals surface area contributed by atoms with Crippen molar-refractivity contribution < 1.29 is 14.7 Å². The number of fused-ring (bicyclic) bond motifs is 1. The molecule has 4 rings (SSSR count). The van der Waals surface area contributed by atoms with Crippen LogP contribution in [0.3, 0.4) is 0 Å². The van der Waals surface area contributed by atoms with Gasteiger partial charge in [0.2, 0.25) is 0 Å². The Kier molecular flexibility index (Phi) is 3.79. The van der Waals surface area contributed by atoms with Gasteiger partial charge in [-0.3, -0.25) is 4.79 Å². The molecule has 1 aliphatic heterocycles. The second-order valence-electron chi connectivity index (χ2n) is 6.74. The van der Waals surface area contributed by atoms with Gasteiger partial charge in [-0.2, -0.15) is 0 Å². The summed E-state index contributed by atoms with van der Waals surface area (Å²) in [6.45, 7) is 0.783. The van der Waals surface area contributed by atoms with Crippen LogP contribution in [-0.2, 0) is 17.4 Å². The van der Waals surface area contributed by atoms with Crippen LogP contribution in [0.4, 0.5) is 0 Å². The van der Waals surface area contributed by atoms with Crippen LogP contribution in [0.5, 0.6) is 0 Å². The molecule has 7 nitrogen and oxygen atoms in total. The fourth-order valence-electron chi connectivity index (χ4n) is 3.78. The zero-order chi connectivity index (χ0) is 18.3. The van der Waals surface area contributed by atoms with Crippen molar-refractivity contribution in [3.63, 3.8) is 0 Å². The third-order valence-electron chi connectivity index (χ3n) is 5.35. The Hall–Kier alpha value is -3.09. The van der Waals surface area contributed by atoms with Crippen LogP contribution in [0, 0.1) is 0 Å². The van der Waals surface area contributed by atoms with Crippen LogP contribution in [0.25, 0.3) is 11.0 Å². The molecule has 7 heteroatoms. The lowest BCUT2D eigenvalue weighted by molar-refractivity contribution is -0.149. The van der Waals surface area contributed by atoms with Gasteiger partial charge in [-0.05, 0) is 37.1 Å². The molecule has 0 unspecified atom stereocenters. The number of hydrogen-bond acceptors (Lipinski definition) is 3. The van der Waals surface area contributed by atoms with Crippen molar-refractivity contribution in [1.82, 2.24) is 19.0 Å². The lowest BCUT2D eigenvalue weighted by Gasteiger charge is -2.40. The number of carbonyl (C=O) groups is 2. The predicted octanol–water partition coefficient (Wildman–Crippen LogP) is 2.09. The fourth-order valence-corrected chi connectivity index (χ4v) is 3.78. The Morgan fingerprint density at radius 1 is 1.12 bits per heavy atom.